The van der Waals surface area contributed by atoms with Gasteiger partial charge in [-0.05, 0) is 17.2 Å². The van der Waals surface area contributed by atoms with Crippen molar-refractivity contribution in [3.05, 3.63) is 66.1 Å². The lowest BCUT2D eigenvalue weighted by molar-refractivity contribution is 0.251. The first kappa shape index (κ1) is 14.8. The average Bonchev–Trinajstić information content (AvgIpc) is 3.18. The van der Waals surface area contributed by atoms with Gasteiger partial charge in [0.05, 0.1) is 6.54 Å². The van der Waals surface area contributed by atoms with Gasteiger partial charge in [0.2, 0.25) is 0 Å². The van der Waals surface area contributed by atoms with Crippen LogP contribution in [0.5, 0.6) is 0 Å². The summed E-state index contributed by atoms with van der Waals surface area (Å²) in [7, 11) is 1.80. The van der Waals surface area contributed by atoms with Crippen LogP contribution in [-0.4, -0.2) is 25.6 Å². The number of carbonyl (C=O) groups is 1. The second kappa shape index (κ2) is 6.78. The van der Waals surface area contributed by atoms with Gasteiger partial charge >= 0.3 is 6.03 Å². The zero-order valence-electron chi connectivity index (χ0n) is 12.8. The SMILES string of the molecule is Cn1ccc(NC(=O)NCc2ccccc2Cn2cccn2)n1. The second-order valence-corrected chi connectivity index (χ2v) is 5.15. The van der Waals surface area contributed by atoms with Crippen molar-refractivity contribution in [3.8, 4) is 0 Å². The number of aryl methyl sites for hydroxylation is 1. The van der Waals surface area contributed by atoms with Gasteiger partial charge in [-0.3, -0.25) is 14.7 Å². The topological polar surface area (TPSA) is 76.8 Å². The van der Waals surface area contributed by atoms with E-state index in [-0.39, 0.29) is 6.03 Å². The molecule has 3 aromatic rings. The monoisotopic (exact) mass is 310 g/mol. The Hall–Kier alpha value is -3.09. The lowest BCUT2D eigenvalue weighted by Gasteiger charge is -2.11. The van der Waals surface area contributed by atoms with Gasteiger partial charge in [-0.2, -0.15) is 10.2 Å². The standard InChI is InChI=1S/C16H18N6O/c1-21-10-7-15(20-21)19-16(23)17-11-13-5-2-3-6-14(13)12-22-9-4-8-18-22/h2-10H,11-12H2,1H3,(H2,17,19,20,23). The maximum Gasteiger partial charge on any atom is 0.320 e. The van der Waals surface area contributed by atoms with Crippen LogP contribution in [0.1, 0.15) is 11.1 Å². The maximum absolute atomic E-state index is 11.9. The number of carbonyl (C=O) groups excluding carboxylic acids is 1. The van der Waals surface area contributed by atoms with E-state index < -0.39 is 0 Å². The third-order valence-electron chi connectivity index (χ3n) is 3.40. The van der Waals surface area contributed by atoms with Crippen LogP contribution in [0.2, 0.25) is 0 Å². The normalized spacial score (nSPS) is 10.5. The number of nitrogens with zero attached hydrogens (tertiary/aromatic N) is 4. The summed E-state index contributed by atoms with van der Waals surface area (Å²) < 4.78 is 3.49. The molecule has 2 N–H and O–H groups in total. The minimum Gasteiger partial charge on any atom is -0.334 e. The summed E-state index contributed by atoms with van der Waals surface area (Å²) in [5.74, 6) is 0.523. The number of urea groups is 1. The molecule has 0 bridgehead atoms. The van der Waals surface area contributed by atoms with Crippen molar-refractivity contribution in [2.24, 2.45) is 7.05 Å². The Morgan fingerprint density at radius 2 is 1.96 bits per heavy atom. The molecule has 2 heterocycles. The number of hydrogen-bond acceptors (Lipinski definition) is 3. The summed E-state index contributed by atoms with van der Waals surface area (Å²) in [6.07, 6.45) is 5.44. The van der Waals surface area contributed by atoms with Crippen LogP contribution in [0.15, 0.2) is 55.0 Å². The lowest BCUT2D eigenvalue weighted by Crippen LogP contribution is -2.28. The van der Waals surface area contributed by atoms with Crippen molar-refractivity contribution >= 4 is 11.8 Å². The van der Waals surface area contributed by atoms with E-state index in [0.717, 1.165) is 11.1 Å². The number of nitrogens with one attached hydrogen (secondary N) is 2. The van der Waals surface area contributed by atoms with Gasteiger partial charge in [0.1, 0.15) is 0 Å². The molecule has 3 rings (SSSR count). The average molecular weight is 310 g/mol. The fourth-order valence-electron chi connectivity index (χ4n) is 2.27. The number of aromatic nitrogens is 4. The Bertz CT molecular complexity index is 777. The van der Waals surface area contributed by atoms with Crippen molar-refractivity contribution in [1.29, 1.82) is 0 Å². The second-order valence-electron chi connectivity index (χ2n) is 5.15. The first-order valence-corrected chi connectivity index (χ1v) is 7.29. The van der Waals surface area contributed by atoms with Crippen LogP contribution in [-0.2, 0) is 20.1 Å². The summed E-state index contributed by atoms with van der Waals surface area (Å²) in [5, 5.41) is 13.9. The van der Waals surface area contributed by atoms with Gasteiger partial charge in [0.25, 0.3) is 0 Å². The predicted molar refractivity (Wildman–Crippen MR) is 86.8 cm³/mol. The first-order valence-electron chi connectivity index (χ1n) is 7.29. The molecule has 0 aliphatic rings. The number of hydrogen-bond donors (Lipinski definition) is 2. The van der Waals surface area contributed by atoms with E-state index in [1.165, 1.54) is 0 Å². The van der Waals surface area contributed by atoms with Crippen molar-refractivity contribution in [2.75, 3.05) is 5.32 Å². The highest BCUT2D eigenvalue weighted by atomic mass is 16.2. The molecular formula is C16H18N6O. The maximum atomic E-state index is 11.9. The molecule has 23 heavy (non-hydrogen) atoms. The molecule has 0 radical (unpaired) electrons. The fraction of sp³-hybridized carbons (Fsp3) is 0.188. The predicted octanol–water partition coefficient (Wildman–Crippen LogP) is 1.99. The molecule has 7 nitrogen and oxygen atoms in total. The van der Waals surface area contributed by atoms with Gasteiger partial charge in [0.15, 0.2) is 5.82 Å². The molecule has 0 aliphatic heterocycles. The van der Waals surface area contributed by atoms with Crippen LogP contribution in [0.3, 0.4) is 0 Å². The number of anilines is 1. The third-order valence-corrected chi connectivity index (χ3v) is 3.40. The molecule has 2 amide bonds. The van der Waals surface area contributed by atoms with Crippen LogP contribution in [0, 0.1) is 0 Å². The Labute approximate surface area is 133 Å². The molecule has 1 aromatic carbocycles. The first-order chi connectivity index (χ1) is 11.2. The summed E-state index contributed by atoms with van der Waals surface area (Å²) in [4.78, 5) is 11.9. The van der Waals surface area contributed by atoms with Crippen molar-refractivity contribution in [2.45, 2.75) is 13.1 Å². The molecule has 0 saturated carbocycles. The summed E-state index contributed by atoms with van der Waals surface area (Å²) >= 11 is 0. The quantitative estimate of drug-likeness (QED) is 0.756. The Morgan fingerprint density at radius 1 is 1.13 bits per heavy atom. The third kappa shape index (κ3) is 3.97. The zero-order valence-corrected chi connectivity index (χ0v) is 12.8. The van der Waals surface area contributed by atoms with E-state index >= 15 is 0 Å². The number of amides is 2. The summed E-state index contributed by atoms with van der Waals surface area (Å²) in [6.45, 7) is 1.11. The lowest BCUT2D eigenvalue weighted by atomic mass is 10.1. The van der Waals surface area contributed by atoms with Gasteiger partial charge in [-0.15, -0.1) is 0 Å². The van der Waals surface area contributed by atoms with Crippen molar-refractivity contribution in [1.82, 2.24) is 24.9 Å². The van der Waals surface area contributed by atoms with Crippen LogP contribution < -0.4 is 10.6 Å². The van der Waals surface area contributed by atoms with Gasteiger partial charge in [0, 0.05) is 38.2 Å². The van der Waals surface area contributed by atoms with E-state index in [1.807, 2.05) is 41.2 Å². The highest BCUT2D eigenvalue weighted by molar-refractivity contribution is 5.88. The van der Waals surface area contributed by atoms with Crippen molar-refractivity contribution in [3.63, 3.8) is 0 Å². The highest BCUT2D eigenvalue weighted by Crippen LogP contribution is 2.10. The minimum absolute atomic E-state index is 0.280. The molecule has 0 saturated heterocycles. The Morgan fingerprint density at radius 3 is 2.65 bits per heavy atom. The minimum atomic E-state index is -0.280. The van der Waals surface area contributed by atoms with Crippen LogP contribution >= 0.6 is 0 Å². The molecular weight excluding hydrogens is 292 g/mol. The number of benzene rings is 1. The van der Waals surface area contributed by atoms with E-state index in [9.17, 15) is 4.79 Å². The highest BCUT2D eigenvalue weighted by Gasteiger charge is 2.07. The number of rotatable bonds is 5. The van der Waals surface area contributed by atoms with E-state index in [1.54, 1.807) is 30.2 Å². The molecule has 2 aromatic heterocycles. The fourth-order valence-corrected chi connectivity index (χ4v) is 2.27. The summed E-state index contributed by atoms with van der Waals surface area (Å²) in [5.41, 5.74) is 2.17. The molecule has 0 fully saturated rings. The smallest absolute Gasteiger partial charge is 0.320 e. The van der Waals surface area contributed by atoms with Gasteiger partial charge in [-0.25, -0.2) is 4.79 Å². The molecule has 0 atom stereocenters. The largest absolute Gasteiger partial charge is 0.334 e. The van der Waals surface area contributed by atoms with Gasteiger partial charge in [-0.1, -0.05) is 24.3 Å². The van der Waals surface area contributed by atoms with Gasteiger partial charge < -0.3 is 5.32 Å². The molecule has 0 spiro atoms. The van der Waals surface area contributed by atoms with E-state index in [2.05, 4.69) is 20.8 Å². The van der Waals surface area contributed by atoms with E-state index in [4.69, 9.17) is 0 Å². The van der Waals surface area contributed by atoms with Crippen molar-refractivity contribution < 1.29 is 4.79 Å². The van der Waals surface area contributed by atoms with E-state index in [0.29, 0.717) is 18.9 Å². The Kier molecular flexibility index (Phi) is 4.37. The van der Waals surface area contributed by atoms with Crippen LogP contribution in [0.4, 0.5) is 10.6 Å². The molecule has 0 aliphatic carbocycles. The van der Waals surface area contributed by atoms with Crippen LogP contribution in [0.25, 0.3) is 0 Å². The zero-order chi connectivity index (χ0) is 16.1. The molecule has 118 valence electrons. The molecule has 0 unspecified atom stereocenters. The summed E-state index contributed by atoms with van der Waals surface area (Å²) in [6, 6.07) is 11.3. The Balaban J connectivity index is 1.60. The molecule has 7 heteroatoms.